The number of hydrogen-bond donors (Lipinski definition) is 4. The molecule has 1 fully saturated rings. The molecule has 0 spiro atoms. The molecule has 1 aliphatic rings. The summed E-state index contributed by atoms with van der Waals surface area (Å²) in [5, 5.41) is 11.2. The van der Waals surface area contributed by atoms with E-state index < -0.39 is 17.9 Å². The first-order chi connectivity index (χ1) is 15.6. The highest BCUT2D eigenvalue weighted by Crippen LogP contribution is 2.14. The Balaban J connectivity index is 1.57. The fourth-order valence-electron chi connectivity index (χ4n) is 3.65. The van der Waals surface area contributed by atoms with Gasteiger partial charge in [-0.15, -0.1) is 0 Å². The summed E-state index contributed by atoms with van der Waals surface area (Å²) in [4.78, 5) is 26.2. The highest BCUT2D eigenvalue weighted by atomic mass is 16.5. The monoisotopic (exact) mass is 434 g/mol. The number of benzene rings is 2. The Kier molecular flexibility index (Phi) is 8.81. The van der Waals surface area contributed by atoms with Crippen molar-refractivity contribution in [2.75, 3.05) is 19.6 Å². The standard InChI is InChI=1S/C25H30N4O3/c26-17-23(25(31)28-32)27-24(30)22-13-11-20(12-14-22)6-5-19-7-9-21(10-8-19)18-29-15-3-1-2-4-16-29/h7-14,23,32H,1-4,15-18,26H2,(H,27,30)(H,28,31)/t23-/m0/s1. The van der Waals surface area contributed by atoms with Crippen LogP contribution >= 0.6 is 0 Å². The van der Waals surface area contributed by atoms with Crippen molar-refractivity contribution in [3.8, 4) is 11.8 Å². The zero-order chi connectivity index (χ0) is 22.8. The van der Waals surface area contributed by atoms with Crippen LogP contribution in [0, 0.1) is 11.8 Å². The van der Waals surface area contributed by atoms with E-state index in [0.717, 1.165) is 17.7 Å². The van der Waals surface area contributed by atoms with Gasteiger partial charge in [0.25, 0.3) is 11.8 Å². The molecule has 1 atom stereocenters. The minimum absolute atomic E-state index is 0.126. The number of amides is 2. The van der Waals surface area contributed by atoms with E-state index in [2.05, 4.69) is 34.2 Å². The minimum Gasteiger partial charge on any atom is -0.339 e. The normalized spacial score (nSPS) is 15.1. The molecule has 32 heavy (non-hydrogen) atoms. The predicted octanol–water partition coefficient (Wildman–Crippen LogP) is 2.02. The molecule has 0 radical (unpaired) electrons. The molecule has 1 aliphatic heterocycles. The molecule has 0 bridgehead atoms. The van der Waals surface area contributed by atoms with Gasteiger partial charge in [0.2, 0.25) is 0 Å². The lowest BCUT2D eigenvalue weighted by molar-refractivity contribution is -0.130. The van der Waals surface area contributed by atoms with Gasteiger partial charge >= 0.3 is 0 Å². The first-order valence-corrected chi connectivity index (χ1v) is 11.0. The van der Waals surface area contributed by atoms with E-state index >= 15 is 0 Å². The SMILES string of the molecule is NC[C@H](NC(=O)c1ccc(C#Cc2ccc(CN3CCCCCC3)cc2)cc1)C(=O)NO. The summed E-state index contributed by atoms with van der Waals surface area (Å²) in [6.07, 6.45) is 5.25. The summed E-state index contributed by atoms with van der Waals surface area (Å²) in [7, 11) is 0. The van der Waals surface area contributed by atoms with Crippen LogP contribution in [0.1, 0.15) is 52.7 Å². The first kappa shape index (κ1) is 23.5. The van der Waals surface area contributed by atoms with E-state index in [1.807, 2.05) is 12.1 Å². The van der Waals surface area contributed by atoms with Gasteiger partial charge < -0.3 is 11.1 Å². The number of carbonyl (C=O) groups excluding carboxylic acids is 2. The summed E-state index contributed by atoms with van der Waals surface area (Å²) in [6.45, 7) is 3.22. The number of likely N-dealkylation sites (tertiary alicyclic amines) is 1. The van der Waals surface area contributed by atoms with E-state index in [1.165, 1.54) is 49.8 Å². The molecule has 0 saturated carbocycles. The summed E-state index contributed by atoms with van der Waals surface area (Å²) in [5.74, 6) is 5.04. The van der Waals surface area contributed by atoms with Crippen molar-refractivity contribution in [3.63, 3.8) is 0 Å². The Labute approximate surface area is 188 Å². The van der Waals surface area contributed by atoms with Gasteiger partial charge in [-0.05, 0) is 67.9 Å². The molecule has 3 rings (SSSR count). The first-order valence-electron chi connectivity index (χ1n) is 11.0. The zero-order valence-electron chi connectivity index (χ0n) is 18.1. The van der Waals surface area contributed by atoms with Crippen molar-refractivity contribution in [1.29, 1.82) is 0 Å². The van der Waals surface area contributed by atoms with E-state index in [1.54, 1.807) is 24.3 Å². The zero-order valence-corrected chi connectivity index (χ0v) is 18.1. The van der Waals surface area contributed by atoms with E-state index in [-0.39, 0.29) is 6.54 Å². The van der Waals surface area contributed by atoms with Crippen molar-refractivity contribution >= 4 is 11.8 Å². The molecule has 7 nitrogen and oxygen atoms in total. The van der Waals surface area contributed by atoms with Crippen LogP contribution in [-0.2, 0) is 11.3 Å². The lowest BCUT2D eigenvalue weighted by Crippen LogP contribution is -2.50. The molecule has 0 aliphatic carbocycles. The van der Waals surface area contributed by atoms with Gasteiger partial charge in [0, 0.05) is 29.8 Å². The van der Waals surface area contributed by atoms with Gasteiger partial charge in [-0.2, -0.15) is 0 Å². The maximum Gasteiger partial charge on any atom is 0.267 e. The Morgan fingerprint density at radius 1 is 0.938 bits per heavy atom. The summed E-state index contributed by atoms with van der Waals surface area (Å²) >= 11 is 0. The number of nitrogens with one attached hydrogen (secondary N) is 2. The number of carbonyl (C=O) groups is 2. The van der Waals surface area contributed by atoms with E-state index in [4.69, 9.17) is 10.9 Å². The maximum atomic E-state index is 12.3. The van der Waals surface area contributed by atoms with Crippen LogP contribution in [-0.4, -0.2) is 47.6 Å². The Bertz CT molecular complexity index is 953. The fourth-order valence-corrected chi connectivity index (χ4v) is 3.65. The molecule has 7 heteroatoms. The highest BCUT2D eigenvalue weighted by molar-refractivity contribution is 5.97. The number of rotatable bonds is 6. The van der Waals surface area contributed by atoms with Gasteiger partial charge in [-0.3, -0.25) is 19.7 Å². The lowest BCUT2D eigenvalue weighted by atomic mass is 10.1. The van der Waals surface area contributed by atoms with Crippen LogP contribution < -0.4 is 16.5 Å². The topological polar surface area (TPSA) is 108 Å². The average molecular weight is 435 g/mol. The summed E-state index contributed by atoms with van der Waals surface area (Å²) in [6, 6.07) is 14.1. The van der Waals surface area contributed by atoms with Crippen LogP contribution in [0.15, 0.2) is 48.5 Å². The summed E-state index contributed by atoms with van der Waals surface area (Å²) in [5.41, 5.74) is 10.3. The molecule has 1 heterocycles. The molecule has 168 valence electrons. The summed E-state index contributed by atoms with van der Waals surface area (Å²) < 4.78 is 0. The quantitative estimate of drug-likeness (QED) is 0.316. The van der Waals surface area contributed by atoms with Crippen molar-refractivity contribution in [1.82, 2.24) is 15.7 Å². The second-order valence-corrected chi connectivity index (χ2v) is 7.95. The third-order valence-corrected chi connectivity index (χ3v) is 5.52. The van der Waals surface area contributed by atoms with Crippen LogP contribution in [0.3, 0.4) is 0 Å². The van der Waals surface area contributed by atoms with Crippen LogP contribution in [0.4, 0.5) is 0 Å². The Morgan fingerprint density at radius 3 is 2.03 bits per heavy atom. The average Bonchev–Trinajstić information content (AvgIpc) is 3.10. The van der Waals surface area contributed by atoms with Crippen molar-refractivity contribution in [2.45, 2.75) is 38.3 Å². The third kappa shape index (κ3) is 6.92. The van der Waals surface area contributed by atoms with Gasteiger partial charge in [0.1, 0.15) is 6.04 Å². The van der Waals surface area contributed by atoms with Gasteiger partial charge in [0.15, 0.2) is 0 Å². The molecule has 2 aromatic carbocycles. The van der Waals surface area contributed by atoms with Gasteiger partial charge in [0.05, 0.1) is 0 Å². The molecule has 5 N–H and O–H groups in total. The minimum atomic E-state index is -1.01. The number of nitrogens with zero attached hydrogens (tertiary/aromatic N) is 1. The Morgan fingerprint density at radius 2 is 1.50 bits per heavy atom. The van der Waals surface area contributed by atoms with Crippen molar-refractivity contribution in [2.24, 2.45) is 5.73 Å². The van der Waals surface area contributed by atoms with Crippen LogP contribution in [0.5, 0.6) is 0 Å². The predicted molar refractivity (Wildman–Crippen MR) is 123 cm³/mol. The van der Waals surface area contributed by atoms with Crippen LogP contribution in [0.25, 0.3) is 0 Å². The van der Waals surface area contributed by atoms with Gasteiger partial charge in [-0.1, -0.05) is 36.8 Å². The maximum absolute atomic E-state index is 12.3. The molecule has 0 aromatic heterocycles. The second-order valence-electron chi connectivity index (χ2n) is 7.95. The van der Waals surface area contributed by atoms with Crippen LogP contribution in [0.2, 0.25) is 0 Å². The molecule has 2 amide bonds. The number of hydrogen-bond acceptors (Lipinski definition) is 5. The van der Waals surface area contributed by atoms with Crippen molar-refractivity contribution in [3.05, 3.63) is 70.8 Å². The number of hydroxylamine groups is 1. The van der Waals surface area contributed by atoms with E-state index in [0.29, 0.717) is 5.56 Å². The smallest absolute Gasteiger partial charge is 0.267 e. The molecule has 0 unspecified atom stereocenters. The molecule has 2 aromatic rings. The third-order valence-electron chi connectivity index (χ3n) is 5.52. The largest absolute Gasteiger partial charge is 0.339 e. The lowest BCUT2D eigenvalue weighted by Gasteiger charge is -2.19. The number of nitrogens with two attached hydrogens (primary N) is 1. The highest BCUT2D eigenvalue weighted by Gasteiger charge is 2.19. The fraction of sp³-hybridized carbons (Fsp3) is 0.360. The van der Waals surface area contributed by atoms with Gasteiger partial charge in [-0.25, -0.2) is 5.48 Å². The molecule has 1 saturated heterocycles. The van der Waals surface area contributed by atoms with E-state index in [9.17, 15) is 9.59 Å². The molecular weight excluding hydrogens is 404 g/mol. The second kappa shape index (κ2) is 12.0. The van der Waals surface area contributed by atoms with Crippen molar-refractivity contribution < 1.29 is 14.8 Å². The molecular formula is C25H30N4O3. The Hall–Kier alpha value is -3.18.